The number of nitrogens with two attached hydrogens (primary N) is 1. The summed E-state index contributed by atoms with van der Waals surface area (Å²) in [6, 6.07) is 15.6. The molecule has 1 saturated heterocycles. The van der Waals surface area contributed by atoms with Gasteiger partial charge in [0.25, 0.3) is 11.8 Å². The van der Waals surface area contributed by atoms with Crippen LogP contribution in [0.2, 0.25) is 5.02 Å². The summed E-state index contributed by atoms with van der Waals surface area (Å²) >= 11 is 6.03. The van der Waals surface area contributed by atoms with Gasteiger partial charge in [-0.05, 0) is 43.2 Å². The molecular formula is C23H22ClN5O3. The molecule has 0 atom stereocenters. The fraction of sp³-hybridized carbons (Fsp3) is 0.217. The summed E-state index contributed by atoms with van der Waals surface area (Å²) in [6.45, 7) is 0.885. The molecule has 1 fully saturated rings. The Balaban J connectivity index is 1.48. The van der Waals surface area contributed by atoms with E-state index in [9.17, 15) is 14.4 Å². The maximum absolute atomic E-state index is 13.1. The molecule has 3 aromatic rings. The van der Waals surface area contributed by atoms with E-state index in [0.717, 1.165) is 5.56 Å². The summed E-state index contributed by atoms with van der Waals surface area (Å²) in [4.78, 5) is 38.9. The number of rotatable bonds is 5. The Hall–Kier alpha value is -3.65. The van der Waals surface area contributed by atoms with Crippen molar-refractivity contribution in [3.63, 3.8) is 0 Å². The molecule has 0 aliphatic carbocycles. The number of para-hydroxylation sites is 1. The van der Waals surface area contributed by atoms with Gasteiger partial charge in [0.05, 0.1) is 16.9 Å². The van der Waals surface area contributed by atoms with Gasteiger partial charge in [-0.25, -0.2) is 0 Å². The third-order valence-corrected chi connectivity index (χ3v) is 5.77. The fourth-order valence-corrected chi connectivity index (χ4v) is 3.93. The molecule has 32 heavy (non-hydrogen) atoms. The van der Waals surface area contributed by atoms with Gasteiger partial charge < -0.3 is 16.0 Å². The molecule has 0 unspecified atom stereocenters. The molecule has 4 rings (SSSR count). The SMILES string of the molecule is NC(=O)C1CCN(C(=O)c2ccccc2NC(=O)c2cc(-c3cccc(Cl)c3)n[nH]2)CC1. The molecule has 0 radical (unpaired) electrons. The van der Waals surface area contributed by atoms with Crippen LogP contribution in [0.5, 0.6) is 0 Å². The quantitative estimate of drug-likeness (QED) is 0.550. The molecule has 164 valence electrons. The number of carbonyl (C=O) groups excluding carboxylic acids is 3. The van der Waals surface area contributed by atoms with Gasteiger partial charge in [0.1, 0.15) is 5.69 Å². The Labute approximate surface area is 189 Å². The summed E-state index contributed by atoms with van der Waals surface area (Å²) in [5.41, 5.74) is 7.78. The minimum Gasteiger partial charge on any atom is -0.369 e. The van der Waals surface area contributed by atoms with Crippen LogP contribution in [0, 0.1) is 5.92 Å². The molecule has 1 aliphatic heterocycles. The van der Waals surface area contributed by atoms with Gasteiger partial charge in [0.2, 0.25) is 5.91 Å². The maximum Gasteiger partial charge on any atom is 0.273 e. The summed E-state index contributed by atoms with van der Waals surface area (Å²) in [6.07, 6.45) is 1.08. The highest BCUT2D eigenvalue weighted by atomic mass is 35.5. The first kappa shape index (κ1) is 21.6. The topological polar surface area (TPSA) is 121 Å². The molecule has 0 spiro atoms. The second kappa shape index (κ2) is 9.23. The van der Waals surface area contributed by atoms with Gasteiger partial charge in [-0.2, -0.15) is 5.10 Å². The van der Waals surface area contributed by atoms with E-state index in [4.69, 9.17) is 17.3 Å². The van der Waals surface area contributed by atoms with Crippen molar-refractivity contribution < 1.29 is 14.4 Å². The predicted molar refractivity (Wildman–Crippen MR) is 121 cm³/mol. The largest absolute Gasteiger partial charge is 0.369 e. The van der Waals surface area contributed by atoms with Crippen LogP contribution in [-0.2, 0) is 4.79 Å². The van der Waals surface area contributed by atoms with Gasteiger partial charge >= 0.3 is 0 Å². The molecule has 8 nitrogen and oxygen atoms in total. The molecule has 4 N–H and O–H groups in total. The van der Waals surface area contributed by atoms with Crippen LogP contribution in [0.1, 0.15) is 33.7 Å². The molecule has 1 aliphatic rings. The number of carbonyl (C=O) groups is 3. The summed E-state index contributed by atoms with van der Waals surface area (Å²) in [5, 5.41) is 10.3. The molecule has 3 amide bonds. The molecule has 0 saturated carbocycles. The monoisotopic (exact) mass is 451 g/mol. The van der Waals surface area contributed by atoms with Crippen LogP contribution in [0.3, 0.4) is 0 Å². The number of piperidine rings is 1. The van der Waals surface area contributed by atoms with Gasteiger partial charge in [-0.1, -0.05) is 35.9 Å². The average molecular weight is 452 g/mol. The predicted octanol–water partition coefficient (Wildman–Crippen LogP) is 3.32. The molecule has 1 aromatic heterocycles. The van der Waals surface area contributed by atoms with Gasteiger partial charge in [0.15, 0.2) is 0 Å². The standard InChI is InChI=1S/C23H22ClN5O3/c24-16-5-3-4-15(12-16)19-13-20(28-27-19)22(31)26-18-7-2-1-6-17(18)23(32)29-10-8-14(9-11-29)21(25)30/h1-7,12-14H,8-11H2,(H2,25,30)(H,26,31)(H,27,28). The van der Waals surface area contributed by atoms with E-state index in [1.807, 2.05) is 6.07 Å². The highest BCUT2D eigenvalue weighted by Gasteiger charge is 2.27. The van der Waals surface area contributed by atoms with Gasteiger partial charge in [-0.15, -0.1) is 0 Å². The van der Waals surface area contributed by atoms with Crippen LogP contribution in [-0.4, -0.2) is 45.9 Å². The lowest BCUT2D eigenvalue weighted by Crippen LogP contribution is -2.42. The number of hydrogen-bond acceptors (Lipinski definition) is 4. The van der Waals surface area contributed by atoms with Crippen LogP contribution < -0.4 is 11.1 Å². The van der Waals surface area contributed by atoms with Crippen LogP contribution in [0.4, 0.5) is 5.69 Å². The second-order valence-electron chi connectivity index (χ2n) is 7.65. The molecule has 2 aromatic carbocycles. The lowest BCUT2D eigenvalue weighted by Gasteiger charge is -2.31. The first-order valence-corrected chi connectivity index (χ1v) is 10.6. The van der Waals surface area contributed by atoms with E-state index in [0.29, 0.717) is 47.9 Å². The van der Waals surface area contributed by atoms with Crippen molar-refractivity contribution in [3.8, 4) is 11.3 Å². The molecule has 2 heterocycles. The van der Waals surface area contributed by atoms with Crippen molar-refractivity contribution >= 4 is 35.0 Å². The van der Waals surface area contributed by atoms with Gasteiger partial charge in [-0.3, -0.25) is 19.5 Å². The van der Waals surface area contributed by atoms with Crippen molar-refractivity contribution in [3.05, 3.63) is 70.9 Å². The van der Waals surface area contributed by atoms with Crippen LogP contribution in [0.15, 0.2) is 54.6 Å². The van der Waals surface area contributed by atoms with Gasteiger partial charge in [0, 0.05) is 29.6 Å². The van der Waals surface area contributed by atoms with Crippen molar-refractivity contribution in [1.82, 2.24) is 15.1 Å². The number of likely N-dealkylation sites (tertiary alicyclic amines) is 1. The van der Waals surface area contributed by atoms with Crippen molar-refractivity contribution in [2.24, 2.45) is 11.7 Å². The zero-order valence-corrected chi connectivity index (χ0v) is 17.9. The number of hydrogen-bond donors (Lipinski definition) is 3. The van der Waals surface area contributed by atoms with Crippen LogP contribution >= 0.6 is 11.6 Å². The normalized spacial score (nSPS) is 14.2. The zero-order chi connectivity index (χ0) is 22.7. The number of halogens is 1. The third-order valence-electron chi connectivity index (χ3n) is 5.53. The van der Waals surface area contributed by atoms with E-state index >= 15 is 0 Å². The number of aromatic nitrogens is 2. The zero-order valence-electron chi connectivity index (χ0n) is 17.2. The number of nitrogens with zero attached hydrogens (tertiary/aromatic N) is 2. The number of aromatic amines is 1. The number of amides is 3. The van der Waals surface area contributed by atoms with Crippen molar-refractivity contribution in [1.29, 1.82) is 0 Å². The first-order chi connectivity index (χ1) is 15.4. The summed E-state index contributed by atoms with van der Waals surface area (Å²) in [5.74, 6) is -1.16. The summed E-state index contributed by atoms with van der Waals surface area (Å²) in [7, 11) is 0. The fourth-order valence-electron chi connectivity index (χ4n) is 3.74. The Morgan fingerprint density at radius 1 is 1.06 bits per heavy atom. The number of anilines is 1. The average Bonchev–Trinajstić information content (AvgIpc) is 3.30. The molecular weight excluding hydrogens is 430 g/mol. The van der Waals surface area contributed by atoms with E-state index in [1.165, 1.54) is 0 Å². The third kappa shape index (κ3) is 4.65. The van der Waals surface area contributed by atoms with E-state index < -0.39 is 5.91 Å². The second-order valence-corrected chi connectivity index (χ2v) is 8.08. The lowest BCUT2D eigenvalue weighted by atomic mass is 9.95. The van der Waals surface area contributed by atoms with Crippen molar-refractivity contribution in [2.45, 2.75) is 12.8 Å². The highest BCUT2D eigenvalue weighted by molar-refractivity contribution is 6.30. The molecule has 0 bridgehead atoms. The lowest BCUT2D eigenvalue weighted by molar-refractivity contribution is -0.123. The highest BCUT2D eigenvalue weighted by Crippen LogP contribution is 2.24. The Morgan fingerprint density at radius 2 is 1.81 bits per heavy atom. The smallest absolute Gasteiger partial charge is 0.273 e. The van der Waals surface area contributed by atoms with Crippen molar-refractivity contribution in [2.75, 3.05) is 18.4 Å². The Morgan fingerprint density at radius 3 is 2.53 bits per heavy atom. The van der Waals surface area contributed by atoms with E-state index in [2.05, 4.69) is 15.5 Å². The minimum atomic E-state index is -0.418. The number of benzene rings is 2. The first-order valence-electron chi connectivity index (χ1n) is 10.2. The number of H-pyrrole nitrogens is 1. The Bertz CT molecular complexity index is 1170. The van der Waals surface area contributed by atoms with E-state index in [1.54, 1.807) is 53.4 Å². The minimum absolute atomic E-state index is 0.201. The van der Waals surface area contributed by atoms with Crippen LogP contribution in [0.25, 0.3) is 11.3 Å². The Kier molecular flexibility index (Phi) is 6.23. The molecule has 9 heteroatoms. The number of nitrogens with one attached hydrogen (secondary N) is 2. The number of primary amides is 1. The summed E-state index contributed by atoms with van der Waals surface area (Å²) < 4.78 is 0. The maximum atomic E-state index is 13.1. The van der Waals surface area contributed by atoms with E-state index in [-0.39, 0.29) is 23.4 Å².